The van der Waals surface area contributed by atoms with Gasteiger partial charge in [-0.15, -0.1) is 0 Å². The van der Waals surface area contributed by atoms with E-state index in [9.17, 15) is 4.79 Å². The lowest BCUT2D eigenvalue weighted by Crippen LogP contribution is -2.49. The fourth-order valence-electron chi connectivity index (χ4n) is 3.12. The van der Waals surface area contributed by atoms with Gasteiger partial charge in [-0.25, -0.2) is 0 Å². The maximum Gasteiger partial charge on any atom is 0.271 e. The molecule has 1 atom stereocenters. The molecule has 22 heavy (non-hydrogen) atoms. The van der Waals surface area contributed by atoms with E-state index in [0.717, 1.165) is 38.4 Å². The van der Waals surface area contributed by atoms with Gasteiger partial charge in [-0.2, -0.15) is 0 Å². The summed E-state index contributed by atoms with van der Waals surface area (Å²) in [6, 6.07) is 0.181. The molecule has 1 spiro atoms. The highest BCUT2D eigenvalue weighted by atomic mass is 16.7. The molecule has 0 saturated carbocycles. The van der Waals surface area contributed by atoms with Gasteiger partial charge in [0.15, 0.2) is 5.60 Å². The first-order chi connectivity index (χ1) is 10.3. The van der Waals surface area contributed by atoms with Crippen LogP contribution in [0.3, 0.4) is 0 Å². The number of hydrogen-bond acceptors (Lipinski definition) is 4. The maximum atomic E-state index is 12.4. The van der Waals surface area contributed by atoms with Crippen LogP contribution in [0.25, 0.3) is 0 Å². The number of amides is 1. The Kier molecular flexibility index (Phi) is 5.48. The predicted molar refractivity (Wildman–Crippen MR) is 88.9 cm³/mol. The molecule has 0 bridgehead atoms. The molecule has 2 rings (SSSR count). The van der Waals surface area contributed by atoms with Gasteiger partial charge in [0.1, 0.15) is 5.71 Å². The molecule has 0 aromatic carbocycles. The second kappa shape index (κ2) is 6.99. The molecule has 0 aromatic rings. The number of oxime groups is 1. The van der Waals surface area contributed by atoms with Crippen molar-refractivity contribution in [2.24, 2.45) is 11.1 Å². The molecule has 0 unspecified atom stereocenters. The Bertz CT molecular complexity index is 434. The molecule has 1 saturated heterocycles. The molecule has 126 valence electrons. The lowest BCUT2D eigenvalue weighted by Gasteiger charge is -2.38. The second-order valence-electron chi connectivity index (χ2n) is 7.56. The fraction of sp³-hybridized carbons (Fsp3) is 0.882. The van der Waals surface area contributed by atoms with E-state index >= 15 is 0 Å². The largest absolute Gasteiger partial charge is 0.387 e. The molecular formula is C17H31N3O2. The average Bonchev–Trinajstić information content (AvgIpc) is 2.87. The minimum Gasteiger partial charge on any atom is -0.387 e. The maximum absolute atomic E-state index is 12.4. The van der Waals surface area contributed by atoms with Gasteiger partial charge in [-0.05, 0) is 52.1 Å². The minimum atomic E-state index is -0.266. The standard InChI is InChI=1S/C17H31N3O2/c1-13(2)7-10-20-9-6-8-17(12-20)11-15(18-22-17)16(21)19(5)14(3)4/h13-14H,6-12H2,1-5H3/t17-/m1/s1. The third kappa shape index (κ3) is 4.00. The molecule has 0 aliphatic carbocycles. The van der Waals surface area contributed by atoms with Gasteiger partial charge >= 0.3 is 0 Å². The molecule has 5 heteroatoms. The summed E-state index contributed by atoms with van der Waals surface area (Å²) in [5.74, 6) is 0.724. The Labute approximate surface area is 134 Å². The Morgan fingerprint density at radius 3 is 2.77 bits per heavy atom. The molecule has 5 nitrogen and oxygen atoms in total. The van der Waals surface area contributed by atoms with Crippen LogP contribution in [-0.4, -0.2) is 59.7 Å². The van der Waals surface area contributed by atoms with E-state index < -0.39 is 0 Å². The Balaban J connectivity index is 1.93. The first-order valence-electron chi connectivity index (χ1n) is 8.57. The van der Waals surface area contributed by atoms with E-state index in [1.807, 2.05) is 20.9 Å². The van der Waals surface area contributed by atoms with Crippen molar-refractivity contribution in [2.45, 2.75) is 65.0 Å². The number of piperidine rings is 1. The highest BCUT2D eigenvalue weighted by molar-refractivity contribution is 6.39. The number of likely N-dealkylation sites (tertiary alicyclic amines) is 1. The molecular weight excluding hydrogens is 278 g/mol. The zero-order valence-corrected chi connectivity index (χ0v) is 14.8. The summed E-state index contributed by atoms with van der Waals surface area (Å²) in [5.41, 5.74) is 0.319. The Morgan fingerprint density at radius 1 is 1.41 bits per heavy atom. The molecule has 2 heterocycles. The number of nitrogens with zero attached hydrogens (tertiary/aromatic N) is 3. The van der Waals surface area contributed by atoms with E-state index in [1.54, 1.807) is 4.90 Å². The van der Waals surface area contributed by atoms with Crippen LogP contribution in [0, 0.1) is 5.92 Å². The minimum absolute atomic E-state index is 0.00572. The van der Waals surface area contributed by atoms with Crippen molar-refractivity contribution in [1.29, 1.82) is 0 Å². The quantitative estimate of drug-likeness (QED) is 0.784. The van der Waals surface area contributed by atoms with Crippen LogP contribution in [0.15, 0.2) is 5.16 Å². The summed E-state index contributed by atoms with van der Waals surface area (Å²) in [7, 11) is 1.83. The van der Waals surface area contributed by atoms with E-state index in [0.29, 0.717) is 12.1 Å². The van der Waals surface area contributed by atoms with Crippen LogP contribution in [0.1, 0.15) is 53.4 Å². The van der Waals surface area contributed by atoms with Crippen LogP contribution < -0.4 is 0 Å². The van der Waals surface area contributed by atoms with Crippen molar-refractivity contribution < 1.29 is 9.63 Å². The number of rotatable bonds is 5. The number of carbonyl (C=O) groups is 1. The lowest BCUT2D eigenvalue weighted by molar-refractivity contribution is -0.124. The van der Waals surface area contributed by atoms with Crippen molar-refractivity contribution in [3.63, 3.8) is 0 Å². The van der Waals surface area contributed by atoms with Gasteiger partial charge < -0.3 is 9.74 Å². The van der Waals surface area contributed by atoms with E-state index in [-0.39, 0.29) is 17.6 Å². The lowest BCUT2D eigenvalue weighted by atomic mass is 9.87. The summed E-state index contributed by atoms with van der Waals surface area (Å²) in [5, 5.41) is 4.14. The summed E-state index contributed by atoms with van der Waals surface area (Å²) in [4.78, 5) is 22.4. The smallest absolute Gasteiger partial charge is 0.271 e. The predicted octanol–water partition coefficient (Wildman–Crippen LogP) is 2.51. The molecule has 1 amide bonds. The van der Waals surface area contributed by atoms with Crippen molar-refractivity contribution in [3.05, 3.63) is 0 Å². The van der Waals surface area contributed by atoms with Crippen LogP contribution in [0.5, 0.6) is 0 Å². The Hall–Kier alpha value is -1.10. The van der Waals surface area contributed by atoms with Gasteiger partial charge in [-0.1, -0.05) is 19.0 Å². The van der Waals surface area contributed by atoms with Crippen LogP contribution >= 0.6 is 0 Å². The van der Waals surface area contributed by atoms with Gasteiger partial charge in [0.25, 0.3) is 5.91 Å². The van der Waals surface area contributed by atoms with Crippen molar-refractivity contribution >= 4 is 11.6 Å². The Morgan fingerprint density at radius 2 is 2.14 bits per heavy atom. The van der Waals surface area contributed by atoms with E-state index in [2.05, 4.69) is 23.9 Å². The van der Waals surface area contributed by atoms with Gasteiger partial charge in [-0.3, -0.25) is 9.69 Å². The molecule has 0 aromatic heterocycles. The zero-order valence-electron chi connectivity index (χ0n) is 14.8. The zero-order chi connectivity index (χ0) is 16.3. The van der Waals surface area contributed by atoms with Crippen molar-refractivity contribution in [3.8, 4) is 0 Å². The second-order valence-corrected chi connectivity index (χ2v) is 7.56. The average molecular weight is 309 g/mol. The molecule has 0 radical (unpaired) electrons. The first kappa shape index (κ1) is 17.3. The summed E-state index contributed by atoms with van der Waals surface area (Å²) in [6.45, 7) is 11.7. The molecule has 2 aliphatic rings. The normalized spacial score (nSPS) is 25.7. The third-order valence-electron chi connectivity index (χ3n) is 4.82. The number of carbonyl (C=O) groups excluding carboxylic acids is 1. The highest BCUT2D eigenvalue weighted by Gasteiger charge is 2.44. The first-order valence-corrected chi connectivity index (χ1v) is 8.57. The van der Waals surface area contributed by atoms with Crippen LogP contribution in [0.4, 0.5) is 0 Å². The van der Waals surface area contributed by atoms with Gasteiger partial charge in [0, 0.05) is 26.1 Å². The summed E-state index contributed by atoms with van der Waals surface area (Å²) >= 11 is 0. The van der Waals surface area contributed by atoms with E-state index in [4.69, 9.17) is 4.84 Å². The summed E-state index contributed by atoms with van der Waals surface area (Å²) < 4.78 is 0. The van der Waals surface area contributed by atoms with E-state index in [1.165, 1.54) is 6.42 Å². The molecule has 2 aliphatic heterocycles. The highest BCUT2D eigenvalue weighted by Crippen LogP contribution is 2.34. The molecule has 0 N–H and O–H groups in total. The SMILES string of the molecule is CC(C)CCN1CCC[C@@]2(CC(C(=O)N(C)C(C)C)=NO2)C1. The van der Waals surface area contributed by atoms with Crippen LogP contribution in [-0.2, 0) is 9.63 Å². The van der Waals surface area contributed by atoms with Gasteiger partial charge in [0.2, 0.25) is 0 Å². The summed E-state index contributed by atoms with van der Waals surface area (Å²) in [6.07, 6.45) is 3.98. The topological polar surface area (TPSA) is 45.1 Å². The van der Waals surface area contributed by atoms with Gasteiger partial charge in [0.05, 0.1) is 0 Å². The fourth-order valence-corrected chi connectivity index (χ4v) is 3.12. The third-order valence-corrected chi connectivity index (χ3v) is 4.82. The van der Waals surface area contributed by atoms with Crippen LogP contribution in [0.2, 0.25) is 0 Å². The van der Waals surface area contributed by atoms with Crippen molar-refractivity contribution in [1.82, 2.24) is 9.80 Å². The molecule has 1 fully saturated rings. The monoisotopic (exact) mass is 309 g/mol. The number of hydrogen-bond donors (Lipinski definition) is 0. The van der Waals surface area contributed by atoms with Crippen molar-refractivity contribution in [2.75, 3.05) is 26.7 Å².